The Morgan fingerprint density at radius 1 is 1.17 bits per heavy atom. The third-order valence-corrected chi connectivity index (χ3v) is 6.36. The molecule has 1 aromatic heterocycles. The molecule has 160 valence electrons. The molecular formula is C23H36N4O2. The summed E-state index contributed by atoms with van der Waals surface area (Å²) in [5.74, 6) is 0.610. The van der Waals surface area contributed by atoms with Gasteiger partial charge in [-0.3, -0.25) is 9.78 Å². The summed E-state index contributed by atoms with van der Waals surface area (Å²) < 4.78 is 0. The first-order chi connectivity index (χ1) is 14.1. The SMILES string of the molecule is CN(CCc1ccccn1)C(=O)CCC1CCCN(C(=O)NC2CCCCC2)C1. The lowest BCUT2D eigenvalue weighted by molar-refractivity contribution is -0.130. The van der Waals surface area contributed by atoms with E-state index in [1.807, 2.05) is 35.0 Å². The summed E-state index contributed by atoms with van der Waals surface area (Å²) in [4.78, 5) is 33.2. The predicted octanol–water partition coefficient (Wildman–Crippen LogP) is 3.62. The van der Waals surface area contributed by atoms with E-state index in [4.69, 9.17) is 0 Å². The van der Waals surface area contributed by atoms with Crippen LogP contribution in [-0.2, 0) is 11.2 Å². The summed E-state index contributed by atoms with van der Waals surface area (Å²) in [5, 5.41) is 3.23. The number of carbonyl (C=O) groups excluding carboxylic acids is 2. The fourth-order valence-corrected chi connectivity index (χ4v) is 4.47. The van der Waals surface area contributed by atoms with Gasteiger partial charge >= 0.3 is 6.03 Å². The second kappa shape index (κ2) is 11.2. The number of carbonyl (C=O) groups is 2. The van der Waals surface area contributed by atoms with Gasteiger partial charge in [0.2, 0.25) is 5.91 Å². The Bertz CT molecular complexity index is 646. The van der Waals surface area contributed by atoms with Gasteiger partial charge in [0.15, 0.2) is 0 Å². The first-order valence-corrected chi connectivity index (χ1v) is 11.3. The van der Waals surface area contributed by atoms with Crippen molar-refractivity contribution in [2.75, 3.05) is 26.7 Å². The number of likely N-dealkylation sites (N-methyl/N-ethyl adjacent to an activating group) is 1. The summed E-state index contributed by atoms with van der Waals surface area (Å²) in [6, 6.07) is 6.32. The Kier molecular flexibility index (Phi) is 8.32. The highest BCUT2D eigenvalue weighted by atomic mass is 16.2. The fraction of sp³-hybridized carbons (Fsp3) is 0.696. The van der Waals surface area contributed by atoms with Crippen molar-refractivity contribution in [2.24, 2.45) is 5.92 Å². The van der Waals surface area contributed by atoms with Crippen LogP contribution in [0, 0.1) is 5.92 Å². The Morgan fingerprint density at radius 3 is 2.76 bits per heavy atom. The van der Waals surface area contributed by atoms with Crippen molar-refractivity contribution in [3.05, 3.63) is 30.1 Å². The zero-order valence-corrected chi connectivity index (χ0v) is 17.8. The minimum Gasteiger partial charge on any atom is -0.345 e. The molecule has 1 saturated heterocycles. The molecule has 1 N–H and O–H groups in total. The standard InChI is InChI=1S/C23H36N4O2/c1-26(17-14-20-9-5-6-15-24-20)22(28)13-12-19-8-7-16-27(18-19)23(29)25-21-10-3-2-4-11-21/h5-6,9,15,19,21H,2-4,7-8,10-14,16-18H2,1H3,(H,25,29). The van der Waals surface area contributed by atoms with E-state index >= 15 is 0 Å². The van der Waals surface area contributed by atoms with Gasteiger partial charge in [-0.1, -0.05) is 25.3 Å². The van der Waals surface area contributed by atoms with Gasteiger partial charge in [-0.25, -0.2) is 4.79 Å². The van der Waals surface area contributed by atoms with Crippen LogP contribution in [0.1, 0.15) is 63.5 Å². The van der Waals surface area contributed by atoms with Gasteiger partial charge in [0, 0.05) is 57.5 Å². The van der Waals surface area contributed by atoms with Crippen molar-refractivity contribution >= 4 is 11.9 Å². The zero-order chi connectivity index (χ0) is 20.5. The number of likely N-dealkylation sites (tertiary alicyclic amines) is 1. The third kappa shape index (κ3) is 7.02. The van der Waals surface area contributed by atoms with Crippen LogP contribution < -0.4 is 5.32 Å². The molecule has 3 amide bonds. The molecular weight excluding hydrogens is 364 g/mol. The largest absolute Gasteiger partial charge is 0.345 e. The van der Waals surface area contributed by atoms with Crippen LogP contribution in [0.4, 0.5) is 4.79 Å². The van der Waals surface area contributed by atoms with Crippen LogP contribution in [0.25, 0.3) is 0 Å². The molecule has 1 unspecified atom stereocenters. The molecule has 0 aromatic carbocycles. The Labute approximate surface area is 175 Å². The molecule has 3 rings (SSSR count). The van der Waals surface area contributed by atoms with Gasteiger partial charge in [-0.2, -0.15) is 0 Å². The molecule has 2 heterocycles. The fourth-order valence-electron chi connectivity index (χ4n) is 4.47. The Hall–Kier alpha value is -2.11. The van der Waals surface area contributed by atoms with Crippen LogP contribution in [-0.4, -0.2) is 59.4 Å². The number of nitrogens with one attached hydrogen (secondary N) is 1. The average Bonchev–Trinajstić information content (AvgIpc) is 2.77. The molecule has 1 aliphatic carbocycles. The van der Waals surface area contributed by atoms with E-state index in [0.29, 0.717) is 24.9 Å². The first kappa shape index (κ1) is 21.6. The maximum atomic E-state index is 12.6. The highest BCUT2D eigenvalue weighted by molar-refractivity contribution is 5.76. The van der Waals surface area contributed by atoms with Crippen molar-refractivity contribution in [1.82, 2.24) is 20.1 Å². The molecule has 29 heavy (non-hydrogen) atoms. The van der Waals surface area contributed by atoms with E-state index in [1.165, 1.54) is 19.3 Å². The molecule has 6 heteroatoms. The third-order valence-electron chi connectivity index (χ3n) is 6.36. The maximum Gasteiger partial charge on any atom is 0.317 e. The lowest BCUT2D eigenvalue weighted by atomic mass is 9.93. The number of urea groups is 1. The van der Waals surface area contributed by atoms with Crippen molar-refractivity contribution in [3.63, 3.8) is 0 Å². The van der Waals surface area contributed by atoms with Crippen molar-refractivity contribution in [2.45, 2.75) is 70.3 Å². The molecule has 6 nitrogen and oxygen atoms in total. The van der Waals surface area contributed by atoms with Crippen LogP contribution >= 0.6 is 0 Å². The monoisotopic (exact) mass is 400 g/mol. The van der Waals surface area contributed by atoms with E-state index in [2.05, 4.69) is 10.3 Å². The summed E-state index contributed by atoms with van der Waals surface area (Å²) in [6.07, 6.45) is 12.1. The second-order valence-electron chi connectivity index (χ2n) is 8.66. The van der Waals surface area contributed by atoms with Crippen LogP contribution in [0.5, 0.6) is 0 Å². The van der Waals surface area contributed by atoms with Crippen molar-refractivity contribution in [1.29, 1.82) is 0 Å². The molecule has 0 bridgehead atoms. The minimum atomic E-state index is 0.0976. The number of aromatic nitrogens is 1. The first-order valence-electron chi connectivity index (χ1n) is 11.3. The Balaban J connectivity index is 1.37. The lowest BCUT2D eigenvalue weighted by Gasteiger charge is -2.34. The highest BCUT2D eigenvalue weighted by Gasteiger charge is 2.26. The summed E-state index contributed by atoms with van der Waals surface area (Å²) in [6.45, 7) is 2.31. The Morgan fingerprint density at radius 2 is 2.00 bits per heavy atom. The topological polar surface area (TPSA) is 65.5 Å². The second-order valence-corrected chi connectivity index (χ2v) is 8.66. The molecule has 2 aliphatic rings. The number of pyridine rings is 1. The van der Waals surface area contributed by atoms with Crippen LogP contribution in [0.15, 0.2) is 24.4 Å². The van der Waals surface area contributed by atoms with E-state index in [-0.39, 0.29) is 11.9 Å². The van der Waals surface area contributed by atoms with Crippen LogP contribution in [0.2, 0.25) is 0 Å². The number of piperidine rings is 1. The lowest BCUT2D eigenvalue weighted by Crippen LogP contribution is -2.49. The number of amides is 3. The summed E-state index contributed by atoms with van der Waals surface area (Å²) in [7, 11) is 1.87. The number of hydrogen-bond donors (Lipinski definition) is 1. The molecule has 1 aliphatic heterocycles. The smallest absolute Gasteiger partial charge is 0.317 e. The van der Waals surface area contributed by atoms with Gasteiger partial charge in [0.25, 0.3) is 0 Å². The number of nitrogens with zero attached hydrogens (tertiary/aromatic N) is 3. The summed E-state index contributed by atoms with van der Waals surface area (Å²) >= 11 is 0. The molecule has 0 radical (unpaired) electrons. The zero-order valence-electron chi connectivity index (χ0n) is 17.8. The average molecular weight is 401 g/mol. The van der Waals surface area contributed by atoms with Gasteiger partial charge in [0.05, 0.1) is 0 Å². The molecule has 0 spiro atoms. The van der Waals surface area contributed by atoms with Gasteiger partial charge in [-0.05, 0) is 50.2 Å². The predicted molar refractivity (Wildman–Crippen MR) is 115 cm³/mol. The quantitative estimate of drug-likeness (QED) is 0.760. The van der Waals surface area contributed by atoms with Crippen molar-refractivity contribution in [3.8, 4) is 0 Å². The molecule has 2 fully saturated rings. The normalized spacial score (nSPS) is 20.3. The number of rotatable bonds is 7. The minimum absolute atomic E-state index is 0.0976. The molecule has 1 saturated carbocycles. The molecule has 1 atom stereocenters. The van der Waals surface area contributed by atoms with Gasteiger partial charge < -0.3 is 15.1 Å². The van der Waals surface area contributed by atoms with E-state index in [9.17, 15) is 9.59 Å². The maximum absolute atomic E-state index is 12.6. The van der Waals surface area contributed by atoms with Gasteiger partial charge in [0.1, 0.15) is 0 Å². The van der Waals surface area contributed by atoms with E-state index < -0.39 is 0 Å². The van der Waals surface area contributed by atoms with Crippen LogP contribution in [0.3, 0.4) is 0 Å². The van der Waals surface area contributed by atoms with Gasteiger partial charge in [-0.15, -0.1) is 0 Å². The number of hydrogen-bond acceptors (Lipinski definition) is 3. The molecule has 1 aromatic rings. The van der Waals surface area contributed by atoms with Crippen molar-refractivity contribution < 1.29 is 9.59 Å². The van der Waals surface area contributed by atoms with E-state index in [0.717, 1.165) is 57.3 Å². The summed E-state index contributed by atoms with van der Waals surface area (Å²) in [5.41, 5.74) is 1.01. The van der Waals surface area contributed by atoms with E-state index in [1.54, 1.807) is 6.20 Å². The highest BCUT2D eigenvalue weighted by Crippen LogP contribution is 2.23.